The molecule has 0 bridgehead atoms. The van der Waals surface area contributed by atoms with Crippen molar-refractivity contribution in [3.63, 3.8) is 0 Å². The molecule has 0 aromatic heterocycles. The molecule has 2 aromatic carbocycles. The van der Waals surface area contributed by atoms with Gasteiger partial charge in [0.25, 0.3) is 0 Å². The highest BCUT2D eigenvalue weighted by molar-refractivity contribution is 6.00. The van der Waals surface area contributed by atoms with E-state index in [1.54, 1.807) is 0 Å². The molecule has 2 aromatic rings. The summed E-state index contributed by atoms with van der Waals surface area (Å²) >= 11 is 0. The lowest BCUT2D eigenvalue weighted by molar-refractivity contribution is 0.329. The van der Waals surface area contributed by atoms with Crippen molar-refractivity contribution in [2.75, 3.05) is 0 Å². The minimum absolute atomic E-state index is 0.188. The van der Waals surface area contributed by atoms with Gasteiger partial charge in [-0.25, -0.2) is 0 Å². The highest BCUT2D eigenvalue weighted by atomic mass is 16.6. The quantitative estimate of drug-likeness (QED) is 0.448. The lowest BCUT2D eigenvalue weighted by atomic mass is 9.79. The Balaban J connectivity index is 3.27. The number of nitroso groups, excluding NO2 is 1. The first kappa shape index (κ1) is 20.4. The molecule has 0 unspecified atom stereocenters. The molecule has 26 heavy (non-hydrogen) atoms. The minimum atomic E-state index is 0.188. The molecular weight excluding hydrogens is 324 g/mol. The molecular formula is C22H32N2O2. The molecule has 0 aliphatic carbocycles. The van der Waals surface area contributed by atoms with Gasteiger partial charge in [-0.2, -0.15) is 5.90 Å². The van der Waals surface area contributed by atoms with Gasteiger partial charge in [-0.1, -0.05) is 55.4 Å². The molecule has 2 N–H and O–H groups in total. The van der Waals surface area contributed by atoms with Gasteiger partial charge in [0.1, 0.15) is 5.69 Å². The van der Waals surface area contributed by atoms with Crippen molar-refractivity contribution in [1.82, 2.24) is 0 Å². The van der Waals surface area contributed by atoms with Crippen LogP contribution >= 0.6 is 0 Å². The van der Waals surface area contributed by atoms with Crippen LogP contribution in [0.15, 0.2) is 17.3 Å². The van der Waals surface area contributed by atoms with Crippen LogP contribution in [0.1, 0.15) is 101 Å². The van der Waals surface area contributed by atoms with Crippen LogP contribution in [0.2, 0.25) is 0 Å². The summed E-state index contributed by atoms with van der Waals surface area (Å²) in [5.74, 6) is 7.34. The van der Waals surface area contributed by atoms with Gasteiger partial charge in [0.05, 0.1) is 0 Å². The number of fused-ring (bicyclic) bond motifs is 1. The Bertz CT molecular complexity index is 821. The number of nitrogens with two attached hydrogens (primary N) is 1. The van der Waals surface area contributed by atoms with Gasteiger partial charge in [-0.3, -0.25) is 0 Å². The van der Waals surface area contributed by atoms with Crippen LogP contribution in [0.4, 0.5) is 5.69 Å². The molecule has 4 nitrogen and oxygen atoms in total. The van der Waals surface area contributed by atoms with E-state index in [0.717, 1.165) is 33.4 Å². The van der Waals surface area contributed by atoms with Gasteiger partial charge in [0, 0.05) is 5.56 Å². The second-order valence-corrected chi connectivity index (χ2v) is 8.35. The number of hydrogen-bond donors (Lipinski definition) is 1. The smallest absolute Gasteiger partial charge is 0.151 e. The van der Waals surface area contributed by atoms with Gasteiger partial charge in [-0.15, -0.1) is 4.91 Å². The lowest BCUT2D eigenvalue weighted by Gasteiger charge is -2.26. The summed E-state index contributed by atoms with van der Waals surface area (Å²) in [6.45, 7) is 17.1. The zero-order valence-corrected chi connectivity index (χ0v) is 17.3. The maximum absolute atomic E-state index is 11.7. The number of benzene rings is 2. The summed E-state index contributed by atoms with van der Waals surface area (Å²) in [5.41, 5.74) is 4.96. The fourth-order valence-corrected chi connectivity index (χ4v) is 3.95. The third-order valence-electron chi connectivity index (χ3n) is 5.11. The average Bonchev–Trinajstić information content (AvgIpc) is 2.57. The van der Waals surface area contributed by atoms with Gasteiger partial charge in [-0.05, 0) is 68.4 Å². The minimum Gasteiger partial charge on any atom is -0.411 e. The molecule has 0 spiro atoms. The second kappa shape index (κ2) is 7.75. The van der Waals surface area contributed by atoms with E-state index in [0.29, 0.717) is 5.69 Å². The first-order valence-electron chi connectivity index (χ1n) is 9.52. The van der Waals surface area contributed by atoms with Crippen molar-refractivity contribution in [1.29, 1.82) is 0 Å². The molecule has 0 heterocycles. The molecule has 0 saturated carbocycles. The van der Waals surface area contributed by atoms with Crippen LogP contribution in [0.25, 0.3) is 10.8 Å². The molecule has 0 aliphatic heterocycles. The van der Waals surface area contributed by atoms with E-state index in [4.69, 9.17) is 10.7 Å². The van der Waals surface area contributed by atoms with Gasteiger partial charge in [0.15, 0.2) is 5.75 Å². The molecule has 0 fully saturated rings. The maximum atomic E-state index is 11.7. The Labute approximate surface area is 157 Å². The first-order chi connectivity index (χ1) is 12.1. The van der Waals surface area contributed by atoms with E-state index < -0.39 is 0 Å². The van der Waals surface area contributed by atoms with Crippen LogP contribution in [-0.2, 0) is 0 Å². The normalized spacial score (nSPS) is 12.0. The number of hydrogen-bond acceptors (Lipinski definition) is 4. The van der Waals surface area contributed by atoms with E-state index in [1.807, 2.05) is 12.1 Å². The van der Waals surface area contributed by atoms with Crippen LogP contribution < -0.4 is 10.7 Å². The Kier molecular flexibility index (Phi) is 6.07. The Morgan fingerprint density at radius 1 is 0.769 bits per heavy atom. The largest absolute Gasteiger partial charge is 0.411 e. The topological polar surface area (TPSA) is 64.7 Å². The van der Waals surface area contributed by atoms with Crippen molar-refractivity contribution >= 4 is 16.5 Å². The predicted molar refractivity (Wildman–Crippen MR) is 111 cm³/mol. The van der Waals surface area contributed by atoms with E-state index in [9.17, 15) is 4.91 Å². The summed E-state index contributed by atoms with van der Waals surface area (Å²) in [6.07, 6.45) is 0. The van der Waals surface area contributed by atoms with E-state index >= 15 is 0 Å². The van der Waals surface area contributed by atoms with Crippen LogP contribution in [0.5, 0.6) is 5.75 Å². The van der Waals surface area contributed by atoms with Crippen LogP contribution in [0.3, 0.4) is 0 Å². The highest BCUT2D eigenvalue weighted by Gasteiger charge is 2.26. The van der Waals surface area contributed by atoms with Gasteiger partial charge in [0.2, 0.25) is 0 Å². The highest BCUT2D eigenvalue weighted by Crippen LogP contribution is 2.47. The van der Waals surface area contributed by atoms with Crippen LogP contribution in [0, 0.1) is 4.91 Å². The van der Waals surface area contributed by atoms with Crippen molar-refractivity contribution in [3.05, 3.63) is 39.3 Å². The van der Waals surface area contributed by atoms with Crippen molar-refractivity contribution in [3.8, 4) is 5.75 Å². The molecule has 0 aliphatic rings. The maximum Gasteiger partial charge on any atom is 0.151 e. The number of rotatable bonds is 6. The third kappa shape index (κ3) is 3.35. The standard InChI is InChI=1S/C22H32N2O2/c1-11(2)15-9-17(24-25)19(13(5)6)21-16(12(3)4)10-18(26-23)20(14(7)8)22(15)21/h9-14H,23H2,1-8H3. The van der Waals surface area contributed by atoms with E-state index in [2.05, 4.69) is 60.6 Å². The van der Waals surface area contributed by atoms with Gasteiger partial charge >= 0.3 is 0 Å². The Morgan fingerprint density at radius 3 is 1.62 bits per heavy atom. The molecule has 4 heteroatoms. The molecule has 0 atom stereocenters. The zero-order chi connectivity index (χ0) is 19.8. The van der Waals surface area contributed by atoms with E-state index in [1.165, 1.54) is 5.39 Å². The number of nitrogens with zero attached hydrogens (tertiary/aromatic N) is 1. The third-order valence-corrected chi connectivity index (χ3v) is 5.11. The van der Waals surface area contributed by atoms with Crippen molar-refractivity contribution in [2.24, 2.45) is 11.1 Å². The molecule has 142 valence electrons. The Morgan fingerprint density at radius 2 is 1.23 bits per heavy atom. The monoisotopic (exact) mass is 356 g/mol. The van der Waals surface area contributed by atoms with Crippen LogP contribution in [-0.4, -0.2) is 0 Å². The summed E-state index contributed by atoms with van der Waals surface area (Å²) in [7, 11) is 0. The van der Waals surface area contributed by atoms with E-state index in [-0.39, 0.29) is 23.7 Å². The summed E-state index contributed by atoms with van der Waals surface area (Å²) in [5, 5.41) is 5.73. The first-order valence-corrected chi connectivity index (χ1v) is 9.52. The predicted octanol–water partition coefficient (Wildman–Crippen LogP) is 6.98. The fraction of sp³-hybridized carbons (Fsp3) is 0.545. The molecule has 0 saturated heterocycles. The van der Waals surface area contributed by atoms with Crippen molar-refractivity contribution < 1.29 is 4.84 Å². The summed E-state index contributed by atoms with van der Waals surface area (Å²) < 4.78 is 0. The molecule has 0 radical (unpaired) electrons. The summed E-state index contributed by atoms with van der Waals surface area (Å²) in [4.78, 5) is 17.0. The SMILES string of the molecule is CC(C)c1cc(ON)c(C(C)C)c2c(C(C)C)cc(N=O)c(C(C)C)c12. The molecule has 0 amide bonds. The average molecular weight is 357 g/mol. The second-order valence-electron chi connectivity index (χ2n) is 8.35. The summed E-state index contributed by atoms with van der Waals surface area (Å²) in [6, 6.07) is 4.01. The lowest BCUT2D eigenvalue weighted by Crippen LogP contribution is -2.10. The zero-order valence-electron chi connectivity index (χ0n) is 17.3. The van der Waals surface area contributed by atoms with Gasteiger partial charge < -0.3 is 4.84 Å². The van der Waals surface area contributed by atoms with Crippen molar-refractivity contribution in [2.45, 2.75) is 79.1 Å². The fourth-order valence-electron chi connectivity index (χ4n) is 3.95. The molecule has 2 rings (SSSR count). The Hall–Kier alpha value is -1.94.